The zero-order valence-electron chi connectivity index (χ0n) is 13.8. The van der Waals surface area contributed by atoms with Gasteiger partial charge in [-0.25, -0.2) is 4.98 Å². The number of nitrogens with zero attached hydrogens (tertiary/aromatic N) is 3. The molecular weight excluding hydrogens is 306 g/mol. The first-order valence-corrected chi connectivity index (χ1v) is 8.48. The van der Waals surface area contributed by atoms with Crippen LogP contribution in [0.5, 0.6) is 0 Å². The number of aromatic nitrogens is 2. The van der Waals surface area contributed by atoms with Crippen molar-refractivity contribution >= 4 is 5.91 Å². The van der Waals surface area contributed by atoms with Crippen molar-refractivity contribution in [2.24, 2.45) is 0 Å². The van der Waals surface area contributed by atoms with E-state index in [1.54, 1.807) is 12.4 Å². The van der Waals surface area contributed by atoms with Gasteiger partial charge in [0.25, 0.3) is 5.91 Å². The first-order chi connectivity index (χ1) is 11.7. The Balaban J connectivity index is 1.53. The summed E-state index contributed by atoms with van der Waals surface area (Å²) in [5.74, 6) is 1.51. The molecule has 1 atom stereocenters. The number of pyridine rings is 1. The second-order valence-electron chi connectivity index (χ2n) is 6.64. The summed E-state index contributed by atoms with van der Waals surface area (Å²) in [7, 11) is 0. The van der Waals surface area contributed by atoms with Crippen molar-refractivity contribution < 1.29 is 13.9 Å². The fraction of sp³-hybridized carbons (Fsp3) is 0.500. The minimum Gasteiger partial charge on any atom is -0.441 e. The van der Waals surface area contributed by atoms with Crippen molar-refractivity contribution in [2.75, 3.05) is 13.2 Å². The van der Waals surface area contributed by atoms with Crippen LogP contribution in [0.4, 0.5) is 0 Å². The van der Waals surface area contributed by atoms with Gasteiger partial charge in [0.1, 0.15) is 17.1 Å². The summed E-state index contributed by atoms with van der Waals surface area (Å²) in [6, 6.07) is 3.78. The van der Waals surface area contributed by atoms with Crippen LogP contribution in [0.1, 0.15) is 37.6 Å². The van der Waals surface area contributed by atoms with E-state index >= 15 is 0 Å². The lowest BCUT2D eigenvalue weighted by Gasteiger charge is -2.37. The van der Waals surface area contributed by atoms with E-state index < -0.39 is 5.60 Å². The van der Waals surface area contributed by atoms with Gasteiger partial charge in [0, 0.05) is 32.0 Å². The van der Waals surface area contributed by atoms with Crippen molar-refractivity contribution in [1.29, 1.82) is 0 Å². The van der Waals surface area contributed by atoms with Crippen LogP contribution in [0.2, 0.25) is 0 Å². The van der Waals surface area contributed by atoms with Crippen LogP contribution in [-0.2, 0) is 22.5 Å². The highest BCUT2D eigenvalue weighted by atomic mass is 16.5. The number of carbonyl (C=O) groups excluding carboxylic acids is 1. The molecule has 6 nitrogen and oxygen atoms in total. The van der Waals surface area contributed by atoms with Gasteiger partial charge in [-0.3, -0.25) is 9.78 Å². The fourth-order valence-corrected chi connectivity index (χ4v) is 3.42. The third-order valence-corrected chi connectivity index (χ3v) is 4.84. The Kier molecular flexibility index (Phi) is 3.84. The van der Waals surface area contributed by atoms with Crippen molar-refractivity contribution in [3.05, 3.63) is 36.0 Å². The molecule has 0 N–H and O–H groups in total. The number of fused-ring (bicyclic) bond motifs is 1. The summed E-state index contributed by atoms with van der Waals surface area (Å²) < 4.78 is 11.7. The standard InChI is InChI=1S/C18H21N3O3/c1-18(7-2-3-10-23-18)17(22)21-9-6-15-14(12-21)20-16(24-15)13-5-4-8-19-11-13/h4-5,8,11H,2-3,6-7,9-10,12H2,1H3. The van der Waals surface area contributed by atoms with E-state index in [2.05, 4.69) is 9.97 Å². The lowest BCUT2D eigenvalue weighted by molar-refractivity contribution is -0.163. The summed E-state index contributed by atoms with van der Waals surface area (Å²) in [4.78, 5) is 23.4. The van der Waals surface area contributed by atoms with Gasteiger partial charge in [-0.2, -0.15) is 0 Å². The molecule has 4 heterocycles. The molecule has 2 aliphatic heterocycles. The lowest BCUT2D eigenvalue weighted by Crippen LogP contribution is -2.51. The third kappa shape index (κ3) is 2.71. The van der Waals surface area contributed by atoms with Gasteiger partial charge in [-0.1, -0.05) is 0 Å². The maximum atomic E-state index is 12.9. The fourth-order valence-electron chi connectivity index (χ4n) is 3.42. The Hall–Kier alpha value is -2.21. The molecule has 0 aliphatic carbocycles. The van der Waals surface area contributed by atoms with Crippen LogP contribution >= 0.6 is 0 Å². The minimum atomic E-state index is -0.689. The van der Waals surface area contributed by atoms with Crippen molar-refractivity contribution in [2.45, 2.75) is 44.8 Å². The molecule has 0 aromatic carbocycles. The smallest absolute Gasteiger partial charge is 0.254 e. The Morgan fingerprint density at radius 1 is 1.38 bits per heavy atom. The summed E-state index contributed by atoms with van der Waals surface area (Å²) in [5.41, 5.74) is 1.01. The van der Waals surface area contributed by atoms with Crippen LogP contribution in [0.15, 0.2) is 28.9 Å². The number of oxazole rings is 1. The Morgan fingerprint density at radius 3 is 3.04 bits per heavy atom. The van der Waals surface area contributed by atoms with Gasteiger partial charge >= 0.3 is 0 Å². The second kappa shape index (κ2) is 6.02. The van der Waals surface area contributed by atoms with E-state index in [1.807, 2.05) is 24.0 Å². The zero-order valence-corrected chi connectivity index (χ0v) is 13.8. The first-order valence-electron chi connectivity index (χ1n) is 8.48. The molecule has 1 fully saturated rings. The number of amides is 1. The van der Waals surface area contributed by atoms with E-state index in [0.29, 0.717) is 32.0 Å². The first kappa shape index (κ1) is 15.3. The summed E-state index contributed by atoms with van der Waals surface area (Å²) in [6.07, 6.45) is 7.00. The molecule has 6 heteroatoms. The number of carbonyl (C=O) groups is 1. The molecule has 126 valence electrons. The molecule has 0 bridgehead atoms. The predicted octanol–water partition coefficient (Wildman–Crippen LogP) is 2.58. The number of hydrogen-bond acceptors (Lipinski definition) is 5. The maximum absolute atomic E-state index is 12.9. The van der Waals surface area contributed by atoms with Gasteiger partial charge < -0.3 is 14.1 Å². The van der Waals surface area contributed by atoms with Crippen molar-refractivity contribution in [3.8, 4) is 11.5 Å². The van der Waals surface area contributed by atoms with Crippen molar-refractivity contribution in [3.63, 3.8) is 0 Å². The number of ether oxygens (including phenoxy) is 1. The Bertz CT molecular complexity index is 735. The molecule has 4 rings (SSSR count). The van der Waals surface area contributed by atoms with Crippen molar-refractivity contribution in [1.82, 2.24) is 14.9 Å². The van der Waals surface area contributed by atoms with Crippen LogP contribution in [0.3, 0.4) is 0 Å². The van der Waals surface area contributed by atoms with E-state index in [-0.39, 0.29) is 5.91 Å². The van der Waals surface area contributed by atoms with Gasteiger partial charge in [0.05, 0.1) is 12.1 Å². The number of hydrogen-bond donors (Lipinski definition) is 0. The molecule has 2 aromatic heterocycles. The highest BCUT2D eigenvalue weighted by Crippen LogP contribution is 2.30. The average molecular weight is 327 g/mol. The zero-order chi connectivity index (χ0) is 16.6. The molecule has 2 aromatic rings. The highest BCUT2D eigenvalue weighted by Gasteiger charge is 2.40. The van der Waals surface area contributed by atoms with E-state index in [4.69, 9.17) is 9.15 Å². The third-order valence-electron chi connectivity index (χ3n) is 4.84. The van der Waals surface area contributed by atoms with Gasteiger partial charge in [-0.15, -0.1) is 0 Å². The average Bonchev–Trinajstić information content (AvgIpc) is 3.05. The maximum Gasteiger partial charge on any atom is 0.254 e. The molecular formula is C18H21N3O3. The van der Waals surface area contributed by atoms with E-state index in [1.165, 1.54) is 0 Å². The monoisotopic (exact) mass is 327 g/mol. The molecule has 1 amide bonds. The highest BCUT2D eigenvalue weighted by molar-refractivity contribution is 5.85. The molecule has 24 heavy (non-hydrogen) atoms. The normalized spacial score (nSPS) is 23.8. The topological polar surface area (TPSA) is 68.5 Å². The van der Waals surface area contributed by atoms with E-state index in [0.717, 1.165) is 36.3 Å². The number of rotatable bonds is 2. The van der Waals surface area contributed by atoms with Crippen LogP contribution in [0.25, 0.3) is 11.5 Å². The van der Waals surface area contributed by atoms with Gasteiger partial charge in [0.15, 0.2) is 0 Å². The summed E-state index contributed by atoms with van der Waals surface area (Å²) in [5, 5.41) is 0. The molecule has 0 spiro atoms. The summed E-state index contributed by atoms with van der Waals surface area (Å²) in [6.45, 7) is 3.70. The largest absolute Gasteiger partial charge is 0.441 e. The molecule has 0 radical (unpaired) electrons. The molecule has 0 saturated carbocycles. The Labute approximate surface area is 140 Å². The minimum absolute atomic E-state index is 0.0683. The quantitative estimate of drug-likeness (QED) is 0.848. The molecule has 1 saturated heterocycles. The SMILES string of the molecule is CC1(C(=O)N2CCc3oc(-c4cccnc4)nc3C2)CCCCO1. The van der Waals surface area contributed by atoms with E-state index in [9.17, 15) is 4.79 Å². The molecule has 1 unspecified atom stereocenters. The van der Waals surface area contributed by atoms with Crippen LogP contribution < -0.4 is 0 Å². The predicted molar refractivity (Wildman–Crippen MR) is 87.1 cm³/mol. The Morgan fingerprint density at radius 2 is 2.29 bits per heavy atom. The van der Waals surface area contributed by atoms with Gasteiger partial charge in [-0.05, 0) is 38.3 Å². The lowest BCUT2D eigenvalue weighted by atomic mass is 9.93. The molecule has 2 aliphatic rings. The van der Waals surface area contributed by atoms with Gasteiger partial charge in [0.2, 0.25) is 5.89 Å². The van der Waals surface area contributed by atoms with Crippen LogP contribution in [-0.4, -0.2) is 39.5 Å². The summed E-state index contributed by atoms with van der Waals surface area (Å²) >= 11 is 0. The second-order valence-corrected chi connectivity index (χ2v) is 6.64. The van der Waals surface area contributed by atoms with Crippen LogP contribution in [0, 0.1) is 0 Å².